The Hall–Kier alpha value is -2.00. The summed E-state index contributed by atoms with van der Waals surface area (Å²) in [6.07, 6.45) is 0.0412. The van der Waals surface area contributed by atoms with E-state index < -0.39 is 6.10 Å². The minimum atomic E-state index is -0.492. The minimum absolute atomic E-state index is 0. The Morgan fingerprint density at radius 2 is 1.69 bits per heavy atom. The fourth-order valence-electron chi connectivity index (χ4n) is 2.65. The smallest absolute Gasteiger partial charge is 0.191 e. The maximum Gasteiger partial charge on any atom is 0.191 e. The van der Waals surface area contributed by atoms with E-state index in [0.29, 0.717) is 25.5 Å². The van der Waals surface area contributed by atoms with Gasteiger partial charge in [0.15, 0.2) is 5.96 Å². The van der Waals surface area contributed by atoms with Crippen molar-refractivity contribution in [3.8, 4) is 11.5 Å². The molecule has 160 valence electrons. The maximum absolute atomic E-state index is 10.3. The topological polar surface area (TPSA) is 75.1 Å². The Kier molecular flexibility index (Phi) is 12.1. The molecule has 2 aromatic rings. The van der Waals surface area contributed by atoms with Gasteiger partial charge in [-0.15, -0.1) is 24.0 Å². The lowest BCUT2D eigenvalue weighted by molar-refractivity contribution is 0.168. The molecule has 3 N–H and O–H groups in total. The molecule has 0 aliphatic carbocycles. The van der Waals surface area contributed by atoms with Gasteiger partial charge in [0.2, 0.25) is 0 Å². The van der Waals surface area contributed by atoms with Crippen LogP contribution in [0.1, 0.15) is 31.9 Å². The normalized spacial score (nSPS) is 13.0. The zero-order chi connectivity index (χ0) is 20.2. The second-order valence-electron chi connectivity index (χ2n) is 6.47. The number of hydrogen-bond donors (Lipinski definition) is 3. The molecule has 0 saturated carbocycles. The number of rotatable bonds is 10. The molecular weight excluding hydrogens is 481 g/mol. The van der Waals surface area contributed by atoms with Crippen molar-refractivity contribution >= 4 is 29.9 Å². The second kappa shape index (κ2) is 14.1. The average Bonchev–Trinajstić information content (AvgIpc) is 2.73. The average molecular weight is 513 g/mol. The zero-order valence-corrected chi connectivity index (χ0v) is 19.6. The van der Waals surface area contributed by atoms with Gasteiger partial charge in [-0.25, -0.2) is 4.99 Å². The Balaban J connectivity index is 0.00000420. The molecule has 29 heavy (non-hydrogen) atoms. The molecular formula is C22H32IN3O3. The summed E-state index contributed by atoms with van der Waals surface area (Å²) in [5, 5.41) is 16.7. The SMILES string of the molecule is CCNC(=NCC(C)Oc1ccc(OC)cc1)NCCC(O)c1ccccc1.I. The number of aliphatic imine (C=N–C) groups is 1. The van der Waals surface area contributed by atoms with E-state index in [1.807, 2.05) is 68.4 Å². The summed E-state index contributed by atoms with van der Waals surface area (Å²) in [4.78, 5) is 4.58. The molecule has 2 unspecified atom stereocenters. The van der Waals surface area contributed by atoms with Crippen LogP contribution in [0.4, 0.5) is 0 Å². The molecule has 2 atom stereocenters. The number of hydrogen-bond acceptors (Lipinski definition) is 4. The Morgan fingerprint density at radius 3 is 2.31 bits per heavy atom. The maximum atomic E-state index is 10.3. The fourth-order valence-corrected chi connectivity index (χ4v) is 2.65. The molecule has 2 rings (SSSR count). The molecule has 0 heterocycles. The van der Waals surface area contributed by atoms with Gasteiger partial charge in [0.05, 0.1) is 19.8 Å². The number of methoxy groups -OCH3 is 1. The fraction of sp³-hybridized carbons (Fsp3) is 0.409. The molecule has 0 amide bonds. The Morgan fingerprint density at radius 1 is 1.03 bits per heavy atom. The first-order valence-corrected chi connectivity index (χ1v) is 9.68. The predicted molar refractivity (Wildman–Crippen MR) is 128 cm³/mol. The summed E-state index contributed by atoms with van der Waals surface area (Å²) in [5.74, 6) is 2.30. The van der Waals surface area contributed by atoms with Gasteiger partial charge in [0.25, 0.3) is 0 Å². The van der Waals surface area contributed by atoms with Crippen LogP contribution in [0.3, 0.4) is 0 Å². The van der Waals surface area contributed by atoms with Crippen molar-refractivity contribution in [2.45, 2.75) is 32.5 Å². The number of aliphatic hydroxyl groups is 1. The van der Waals surface area contributed by atoms with Crippen LogP contribution in [0.2, 0.25) is 0 Å². The zero-order valence-electron chi connectivity index (χ0n) is 17.3. The monoisotopic (exact) mass is 513 g/mol. The highest BCUT2D eigenvalue weighted by atomic mass is 127. The van der Waals surface area contributed by atoms with Crippen molar-refractivity contribution < 1.29 is 14.6 Å². The number of nitrogens with one attached hydrogen (secondary N) is 2. The van der Waals surface area contributed by atoms with Gasteiger partial charge >= 0.3 is 0 Å². The van der Waals surface area contributed by atoms with E-state index in [9.17, 15) is 5.11 Å². The minimum Gasteiger partial charge on any atom is -0.497 e. The molecule has 0 radical (unpaired) electrons. The van der Waals surface area contributed by atoms with Gasteiger partial charge in [-0.2, -0.15) is 0 Å². The van der Waals surface area contributed by atoms with E-state index in [1.54, 1.807) is 7.11 Å². The summed E-state index contributed by atoms with van der Waals surface area (Å²) in [6.45, 7) is 5.91. The summed E-state index contributed by atoms with van der Waals surface area (Å²) >= 11 is 0. The first-order chi connectivity index (χ1) is 13.6. The molecule has 2 aromatic carbocycles. The number of nitrogens with zero attached hydrogens (tertiary/aromatic N) is 1. The lowest BCUT2D eigenvalue weighted by atomic mass is 10.1. The molecule has 0 aromatic heterocycles. The highest BCUT2D eigenvalue weighted by Gasteiger charge is 2.08. The van der Waals surface area contributed by atoms with Crippen LogP contribution in [0.5, 0.6) is 11.5 Å². The first kappa shape index (κ1) is 25.0. The largest absolute Gasteiger partial charge is 0.497 e. The molecule has 0 aliphatic heterocycles. The number of halogens is 1. The molecule has 0 bridgehead atoms. The van der Waals surface area contributed by atoms with Crippen LogP contribution in [0.25, 0.3) is 0 Å². The highest BCUT2D eigenvalue weighted by molar-refractivity contribution is 14.0. The third kappa shape index (κ3) is 9.36. The van der Waals surface area contributed by atoms with Gasteiger partial charge in [-0.1, -0.05) is 30.3 Å². The van der Waals surface area contributed by atoms with Gasteiger partial charge in [0.1, 0.15) is 17.6 Å². The summed E-state index contributed by atoms with van der Waals surface area (Å²) < 4.78 is 11.0. The van der Waals surface area contributed by atoms with Gasteiger partial charge < -0.3 is 25.2 Å². The lowest BCUT2D eigenvalue weighted by Crippen LogP contribution is -2.39. The molecule has 7 heteroatoms. The van der Waals surface area contributed by atoms with E-state index in [1.165, 1.54) is 0 Å². The second-order valence-corrected chi connectivity index (χ2v) is 6.47. The van der Waals surface area contributed by atoms with Gasteiger partial charge in [-0.3, -0.25) is 0 Å². The van der Waals surface area contributed by atoms with Crippen molar-refractivity contribution in [1.82, 2.24) is 10.6 Å². The van der Waals surface area contributed by atoms with Gasteiger partial charge in [0, 0.05) is 13.1 Å². The highest BCUT2D eigenvalue weighted by Crippen LogP contribution is 2.18. The quantitative estimate of drug-likeness (QED) is 0.256. The molecule has 0 spiro atoms. The number of ether oxygens (including phenoxy) is 2. The van der Waals surface area contributed by atoms with Gasteiger partial charge in [-0.05, 0) is 50.1 Å². The Bertz CT molecular complexity index is 711. The number of guanidine groups is 1. The van der Waals surface area contributed by atoms with E-state index in [2.05, 4.69) is 15.6 Å². The summed E-state index contributed by atoms with van der Waals surface area (Å²) in [7, 11) is 1.64. The van der Waals surface area contributed by atoms with Crippen molar-refractivity contribution in [3.05, 3.63) is 60.2 Å². The lowest BCUT2D eigenvalue weighted by Gasteiger charge is -2.16. The molecule has 0 saturated heterocycles. The standard InChI is InChI=1S/C22H31N3O3.HI/c1-4-23-22(24-15-14-21(26)18-8-6-5-7-9-18)25-16-17(2)28-20-12-10-19(27-3)11-13-20;/h5-13,17,21,26H,4,14-16H2,1-3H3,(H2,23,24,25);1H. The van der Waals surface area contributed by atoms with Crippen LogP contribution in [-0.4, -0.2) is 43.9 Å². The molecule has 0 fully saturated rings. The van der Waals surface area contributed by atoms with Crippen molar-refractivity contribution in [2.24, 2.45) is 4.99 Å². The predicted octanol–water partition coefficient (Wildman–Crippen LogP) is 3.76. The van der Waals surface area contributed by atoms with Crippen LogP contribution in [0.15, 0.2) is 59.6 Å². The Labute approximate surface area is 190 Å². The van der Waals surface area contributed by atoms with Crippen LogP contribution < -0.4 is 20.1 Å². The first-order valence-electron chi connectivity index (χ1n) is 9.68. The third-order valence-electron chi connectivity index (χ3n) is 4.14. The van der Waals surface area contributed by atoms with Crippen molar-refractivity contribution in [2.75, 3.05) is 26.7 Å². The van der Waals surface area contributed by atoms with Crippen LogP contribution in [0, 0.1) is 0 Å². The van der Waals surface area contributed by atoms with Crippen LogP contribution >= 0.6 is 24.0 Å². The number of benzene rings is 2. The van der Waals surface area contributed by atoms with Crippen molar-refractivity contribution in [3.63, 3.8) is 0 Å². The van der Waals surface area contributed by atoms with Crippen molar-refractivity contribution in [1.29, 1.82) is 0 Å². The summed E-state index contributed by atoms with van der Waals surface area (Å²) in [6, 6.07) is 17.2. The molecule has 0 aliphatic rings. The molecule has 6 nitrogen and oxygen atoms in total. The van der Waals surface area contributed by atoms with E-state index in [4.69, 9.17) is 9.47 Å². The van der Waals surface area contributed by atoms with E-state index >= 15 is 0 Å². The van der Waals surface area contributed by atoms with E-state index in [-0.39, 0.29) is 30.1 Å². The van der Waals surface area contributed by atoms with Crippen LogP contribution in [-0.2, 0) is 0 Å². The number of aliphatic hydroxyl groups excluding tert-OH is 1. The third-order valence-corrected chi connectivity index (χ3v) is 4.14. The van der Waals surface area contributed by atoms with E-state index in [0.717, 1.165) is 23.6 Å². The summed E-state index contributed by atoms with van der Waals surface area (Å²) in [5.41, 5.74) is 0.924.